The van der Waals surface area contributed by atoms with Crippen LogP contribution in [0.3, 0.4) is 0 Å². The fraction of sp³-hybridized carbons (Fsp3) is 0.0667. The van der Waals surface area contributed by atoms with Gasteiger partial charge in [0, 0.05) is 21.5 Å². The molecule has 0 saturated heterocycles. The zero-order chi connectivity index (χ0) is 28.1. The third kappa shape index (κ3) is 6.04. The van der Waals surface area contributed by atoms with Crippen LogP contribution in [0.4, 0.5) is 5.69 Å². The average molecular weight is 570 g/mol. The molecule has 40 heavy (non-hydrogen) atoms. The predicted octanol–water partition coefficient (Wildman–Crippen LogP) is 6.66. The van der Waals surface area contributed by atoms with Gasteiger partial charge in [0.15, 0.2) is 18.1 Å². The number of benzene rings is 3. The van der Waals surface area contributed by atoms with Crippen LogP contribution in [-0.4, -0.2) is 24.6 Å². The molecule has 0 spiro atoms. The van der Waals surface area contributed by atoms with Crippen LogP contribution in [0.1, 0.15) is 10.6 Å². The van der Waals surface area contributed by atoms with E-state index in [1.165, 1.54) is 18.4 Å². The Balaban J connectivity index is 1.34. The minimum Gasteiger partial charge on any atom is -0.493 e. The number of amides is 1. The topological polar surface area (TPSA) is 114 Å². The van der Waals surface area contributed by atoms with Crippen LogP contribution >= 0.6 is 22.9 Å². The number of nitrogens with zero attached hydrogens (tertiary/aromatic N) is 2. The molecule has 0 radical (unpaired) electrons. The van der Waals surface area contributed by atoms with E-state index >= 15 is 0 Å². The Bertz CT molecular complexity index is 1840. The van der Waals surface area contributed by atoms with Gasteiger partial charge in [-0.15, -0.1) is 11.3 Å². The molecular weight excluding hydrogens is 550 g/mol. The Labute approximate surface area is 237 Å². The molecular formula is C30H20ClN3O5S. The van der Waals surface area contributed by atoms with E-state index in [1.54, 1.807) is 66.1 Å². The number of carbonyl (C=O) groups excluding carboxylic acids is 1. The maximum absolute atomic E-state index is 12.6. The van der Waals surface area contributed by atoms with Crippen molar-refractivity contribution >= 4 is 57.2 Å². The summed E-state index contributed by atoms with van der Waals surface area (Å²) in [6.45, 7) is -0.208. The average Bonchev–Trinajstić information content (AvgIpc) is 3.45. The molecule has 5 aromatic rings. The van der Waals surface area contributed by atoms with Crippen molar-refractivity contribution in [3.05, 3.63) is 104 Å². The van der Waals surface area contributed by atoms with Gasteiger partial charge in [0.2, 0.25) is 0 Å². The number of para-hydroxylation sites is 1. The zero-order valence-electron chi connectivity index (χ0n) is 21.0. The molecule has 0 unspecified atom stereocenters. The maximum atomic E-state index is 12.6. The van der Waals surface area contributed by atoms with Crippen molar-refractivity contribution in [2.45, 2.75) is 0 Å². The molecule has 1 amide bonds. The Kier molecular flexibility index (Phi) is 7.92. The van der Waals surface area contributed by atoms with Crippen LogP contribution < -0.4 is 20.4 Å². The molecule has 5 rings (SSSR count). The van der Waals surface area contributed by atoms with E-state index in [0.717, 1.165) is 0 Å². The van der Waals surface area contributed by atoms with Gasteiger partial charge in [-0.2, -0.15) is 5.26 Å². The van der Waals surface area contributed by atoms with Gasteiger partial charge in [0.25, 0.3) is 5.91 Å². The number of aromatic nitrogens is 1. The number of carbonyl (C=O) groups is 1. The molecule has 8 nitrogen and oxygen atoms in total. The summed E-state index contributed by atoms with van der Waals surface area (Å²) in [7, 11) is 1.49. The highest BCUT2D eigenvalue weighted by atomic mass is 35.5. The van der Waals surface area contributed by atoms with Gasteiger partial charge in [-0.1, -0.05) is 35.9 Å². The highest BCUT2D eigenvalue weighted by Gasteiger charge is 2.15. The lowest BCUT2D eigenvalue weighted by molar-refractivity contribution is -0.118. The number of nitriles is 1. The number of hydrogen-bond acceptors (Lipinski definition) is 8. The van der Waals surface area contributed by atoms with Gasteiger partial charge in [0.05, 0.1) is 23.9 Å². The van der Waals surface area contributed by atoms with E-state index < -0.39 is 5.63 Å². The first-order chi connectivity index (χ1) is 19.4. The molecule has 0 aliphatic rings. The Morgan fingerprint density at radius 1 is 1.12 bits per heavy atom. The summed E-state index contributed by atoms with van der Waals surface area (Å²) < 4.78 is 16.5. The van der Waals surface area contributed by atoms with Gasteiger partial charge in [-0.05, 0) is 60.2 Å². The summed E-state index contributed by atoms with van der Waals surface area (Å²) in [6, 6.07) is 23.0. The Morgan fingerprint density at radius 2 is 1.95 bits per heavy atom. The molecule has 0 aliphatic carbocycles. The van der Waals surface area contributed by atoms with Crippen LogP contribution in [0.25, 0.3) is 33.9 Å². The lowest BCUT2D eigenvalue weighted by Gasteiger charge is -2.11. The van der Waals surface area contributed by atoms with Crippen LogP contribution in [0.15, 0.2) is 87.4 Å². The summed E-state index contributed by atoms with van der Waals surface area (Å²) >= 11 is 7.31. The minimum absolute atomic E-state index is 0.208. The van der Waals surface area contributed by atoms with E-state index in [0.29, 0.717) is 55.0 Å². The number of hydrogen-bond donors (Lipinski definition) is 1. The highest BCUT2D eigenvalue weighted by molar-refractivity contribution is 7.11. The maximum Gasteiger partial charge on any atom is 0.345 e. The van der Waals surface area contributed by atoms with Crippen molar-refractivity contribution in [3.8, 4) is 28.8 Å². The van der Waals surface area contributed by atoms with Gasteiger partial charge < -0.3 is 19.2 Å². The highest BCUT2D eigenvalue weighted by Crippen LogP contribution is 2.32. The van der Waals surface area contributed by atoms with E-state index in [9.17, 15) is 14.9 Å². The number of allylic oxidation sites excluding steroid dienone is 1. The first-order valence-electron chi connectivity index (χ1n) is 11.9. The Morgan fingerprint density at radius 3 is 2.73 bits per heavy atom. The first kappa shape index (κ1) is 26.7. The lowest BCUT2D eigenvalue weighted by atomic mass is 10.1. The molecule has 0 bridgehead atoms. The predicted molar refractivity (Wildman–Crippen MR) is 156 cm³/mol. The van der Waals surface area contributed by atoms with Gasteiger partial charge in [0.1, 0.15) is 16.7 Å². The molecule has 0 aliphatic heterocycles. The molecule has 0 saturated carbocycles. The van der Waals surface area contributed by atoms with E-state index in [4.69, 9.17) is 25.5 Å². The van der Waals surface area contributed by atoms with Crippen molar-refractivity contribution in [2.75, 3.05) is 19.0 Å². The van der Waals surface area contributed by atoms with Crippen LogP contribution in [0, 0.1) is 11.3 Å². The number of anilines is 1. The molecule has 3 aromatic carbocycles. The normalized spacial score (nSPS) is 11.2. The molecule has 2 heterocycles. The molecule has 0 fully saturated rings. The third-order valence-electron chi connectivity index (χ3n) is 5.74. The fourth-order valence-electron chi connectivity index (χ4n) is 3.86. The van der Waals surface area contributed by atoms with Crippen molar-refractivity contribution < 1.29 is 18.7 Å². The molecule has 1 N–H and O–H groups in total. The summed E-state index contributed by atoms with van der Waals surface area (Å²) in [5.74, 6) is 0.457. The lowest BCUT2D eigenvalue weighted by Crippen LogP contribution is -2.20. The van der Waals surface area contributed by atoms with Crippen molar-refractivity contribution in [1.29, 1.82) is 5.26 Å². The third-order valence-corrected chi connectivity index (χ3v) is 6.85. The number of nitrogens with one attached hydrogen (secondary N) is 1. The minimum atomic E-state index is -0.535. The second-order valence-corrected chi connectivity index (χ2v) is 9.75. The SMILES string of the molecule is COc1cc(/C=C(\C#N)c2nc(-c3cc4cc(Cl)ccc4oc3=O)cs2)ccc1OCC(=O)Nc1ccccc1. The zero-order valence-corrected chi connectivity index (χ0v) is 22.6. The number of rotatable bonds is 8. The second kappa shape index (κ2) is 11.9. The van der Waals surface area contributed by atoms with Crippen LogP contribution in [-0.2, 0) is 4.79 Å². The van der Waals surface area contributed by atoms with E-state index in [1.807, 2.05) is 18.2 Å². The quantitative estimate of drug-likeness (QED) is 0.164. The van der Waals surface area contributed by atoms with Gasteiger partial charge in [-0.25, -0.2) is 9.78 Å². The fourth-order valence-corrected chi connectivity index (χ4v) is 4.82. The van der Waals surface area contributed by atoms with E-state index in [-0.39, 0.29) is 18.1 Å². The van der Waals surface area contributed by atoms with Gasteiger partial charge in [-0.3, -0.25) is 4.79 Å². The second-order valence-electron chi connectivity index (χ2n) is 8.45. The molecule has 10 heteroatoms. The largest absolute Gasteiger partial charge is 0.493 e. The summed E-state index contributed by atoms with van der Waals surface area (Å²) in [5.41, 5.74) is 2.18. The van der Waals surface area contributed by atoms with Gasteiger partial charge >= 0.3 is 5.63 Å². The van der Waals surface area contributed by atoms with Crippen molar-refractivity contribution in [3.63, 3.8) is 0 Å². The summed E-state index contributed by atoms with van der Waals surface area (Å²) in [4.78, 5) is 29.3. The number of thiazole rings is 1. The van der Waals surface area contributed by atoms with E-state index in [2.05, 4.69) is 16.4 Å². The number of fused-ring (bicyclic) bond motifs is 1. The van der Waals surface area contributed by atoms with Crippen LogP contribution in [0.5, 0.6) is 11.5 Å². The van der Waals surface area contributed by atoms with Crippen LogP contribution in [0.2, 0.25) is 5.02 Å². The first-order valence-corrected chi connectivity index (χ1v) is 13.2. The van der Waals surface area contributed by atoms with Crippen molar-refractivity contribution in [2.24, 2.45) is 0 Å². The molecule has 2 aromatic heterocycles. The molecule has 0 atom stereocenters. The number of methoxy groups -OCH3 is 1. The Hall–Kier alpha value is -4.91. The monoisotopic (exact) mass is 569 g/mol. The summed E-state index contributed by atoms with van der Waals surface area (Å²) in [6.07, 6.45) is 1.65. The number of halogens is 1. The summed E-state index contributed by atoms with van der Waals surface area (Å²) in [5, 5.41) is 15.9. The molecule has 198 valence electrons. The standard InChI is InChI=1S/C30H20ClN3O5S/c1-37-27-12-18(7-9-26(27)38-16-28(35)33-22-5-3-2-4-6-22)11-20(15-32)29-34-24(17-40-29)23-14-19-13-21(31)8-10-25(19)39-30(23)36/h2-14,17H,16H2,1H3,(H,33,35)/b20-11+. The smallest absolute Gasteiger partial charge is 0.345 e. The van der Waals surface area contributed by atoms with Crippen molar-refractivity contribution in [1.82, 2.24) is 4.98 Å². The number of ether oxygens (including phenoxy) is 2.